The van der Waals surface area contributed by atoms with Crippen molar-refractivity contribution >= 4 is 29.5 Å². The summed E-state index contributed by atoms with van der Waals surface area (Å²) in [6, 6.07) is 19.0. The Bertz CT molecular complexity index is 1210. The molecule has 2 amide bonds. The molecule has 3 aromatic rings. The van der Waals surface area contributed by atoms with E-state index in [0.29, 0.717) is 36.2 Å². The van der Waals surface area contributed by atoms with Crippen molar-refractivity contribution in [2.24, 2.45) is 5.41 Å². The summed E-state index contributed by atoms with van der Waals surface area (Å²) in [7, 11) is 3.80. The standard InChI is InChI=1S/C30H39N5O2/c1-30(2,3)20-35(21-36)26-19-34(18-22-13-15-23(16-14-22)25-12-9-17-33(25)5)28(27(26)29(37)31-4)32-24-10-7-6-8-11-24/h6-8,10-11,13-16,19,21,25,32H,9,12,17-18,20H2,1-5H3,(H,31,37). The van der Waals surface area contributed by atoms with Gasteiger partial charge in [-0.2, -0.15) is 0 Å². The van der Waals surface area contributed by atoms with Crippen molar-refractivity contribution in [2.75, 3.05) is 37.4 Å². The van der Waals surface area contributed by atoms with Crippen LogP contribution in [0.3, 0.4) is 0 Å². The van der Waals surface area contributed by atoms with E-state index < -0.39 is 0 Å². The highest BCUT2D eigenvalue weighted by atomic mass is 16.2. The van der Waals surface area contributed by atoms with Crippen LogP contribution in [-0.4, -0.2) is 49.0 Å². The van der Waals surface area contributed by atoms with Crippen LogP contribution in [0, 0.1) is 5.41 Å². The summed E-state index contributed by atoms with van der Waals surface area (Å²) in [5.74, 6) is 0.411. The number of rotatable bonds is 9. The minimum absolute atomic E-state index is 0.140. The molecule has 2 N–H and O–H groups in total. The molecule has 1 aliphatic rings. The number of amides is 2. The number of aromatic nitrogens is 1. The molecule has 0 spiro atoms. The van der Waals surface area contributed by atoms with Gasteiger partial charge in [0, 0.05) is 38.1 Å². The summed E-state index contributed by atoms with van der Waals surface area (Å²) in [5.41, 5.74) is 4.23. The minimum Gasteiger partial charge on any atom is -0.355 e. The molecule has 1 saturated heterocycles. The second-order valence-corrected chi connectivity index (χ2v) is 11.1. The van der Waals surface area contributed by atoms with E-state index in [9.17, 15) is 9.59 Å². The fourth-order valence-corrected chi connectivity index (χ4v) is 5.09. The summed E-state index contributed by atoms with van der Waals surface area (Å²) in [6.07, 6.45) is 5.14. The molecular formula is C30H39N5O2. The number of carbonyl (C=O) groups excluding carboxylic acids is 2. The third-order valence-corrected chi connectivity index (χ3v) is 6.87. The maximum absolute atomic E-state index is 13.2. The number of para-hydroxylation sites is 1. The molecular weight excluding hydrogens is 462 g/mol. The first kappa shape index (κ1) is 26.5. The highest BCUT2D eigenvalue weighted by Crippen LogP contribution is 2.35. The maximum Gasteiger partial charge on any atom is 0.256 e. The number of nitrogens with zero attached hydrogens (tertiary/aromatic N) is 3. The molecule has 1 atom stereocenters. The van der Waals surface area contributed by atoms with Gasteiger partial charge in [0.2, 0.25) is 6.41 Å². The Labute approximate surface area is 220 Å². The Morgan fingerprint density at radius 2 is 1.81 bits per heavy atom. The first-order chi connectivity index (χ1) is 17.7. The van der Waals surface area contributed by atoms with E-state index in [1.807, 2.05) is 41.1 Å². The van der Waals surface area contributed by atoms with Crippen molar-refractivity contribution in [1.29, 1.82) is 0 Å². The number of anilines is 3. The van der Waals surface area contributed by atoms with Gasteiger partial charge in [-0.25, -0.2) is 0 Å². The summed E-state index contributed by atoms with van der Waals surface area (Å²) < 4.78 is 2.03. The SMILES string of the molecule is CNC(=O)c1c(N(C=O)CC(C)(C)C)cn(Cc2ccc(C3CCCN3C)cc2)c1Nc1ccccc1. The van der Waals surface area contributed by atoms with Crippen molar-refractivity contribution in [1.82, 2.24) is 14.8 Å². The van der Waals surface area contributed by atoms with Crippen molar-refractivity contribution in [3.05, 3.63) is 77.5 Å². The fourth-order valence-electron chi connectivity index (χ4n) is 5.09. The van der Waals surface area contributed by atoms with Crippen LogP contribution in [0.5, 0.6) is 0 Å². The smallest absolute Gasteiger partial charge is 0.256 e. The molecule has 1 fully saturated rings. The van der Waals surface area contributed by atoms with Gasteiger partial charge in [0.25, 0.3) is 5.91 Å². The zero-order chi connectivity index (χ0) is 26.6. The lowest BCUT2D eigenvalue weighted by atomic mass is 9.96. The van der Waals surface area contributed by atoms with E-state index in [4.69, 9.17) is 0 Å². The Morgan fingerprint density at radius 3 is 2.38 bits per heavy atom. The predicted octanol–water partition coefficient (Wildman–Crippen LogP) is 5.42. The van der Waals surface area contributed by atoms with Crippen molar-refractivity contribution < 1.29 is 9.59 Å². The van der Waals surface area contributed by atoms with Gasteiger partial charge in [-0.05, 0) is 55.1 Å². The van der Waals surface area contributed by atoms with Crippen LogP contribution >= 0.6 is 0 Å². The van der Waals surface area contributed by atoms with Crippen LogP contribution in [0.2, 0.25) is 0 Å². The molecule has 1 unspecified atom stereocenters. The minimum atomic E-state index is -0.243. The molecule has 0 bridgehead atoms. The predicted molar refractivity (Wildman–Crippen MR) is 151 cm³/mol. The van der Waals surface area contributed by atoms with Crippen LogP contribution in [0.25, 0.3) is 0 Å². The monoisotopic (exact) mass is 501 g/mol. The maximum atomic E-state index is 13.2. The van der Waals surface area contributed by atoms with Gasteiger partial charge in [-0.15, -0.1) is 0 Å². The van der Waals surface area contributed by atoms with Gasteiger partial charge in [-0.1, -0.05) is 63.2 Å². The van der Waals surface area contributed by atoms with Crippen LogP contribution in [0.15, 0.2) is 60.8 Å². The molecule has 0 aliphatic carbocycles. The lowest BCUT2D eigenvalue weighted by molar-refractivity contribution is -0.107. The summed E-state index contributed by atoms with van der Waals surface area (Å²) in [6.45, 7) is 8.41. The highest BCUT2D eigenvalue weighted by molar-refractivity contribution is 6.07. The second kappa shape index (κ2) is 11.2. The molecule has 0 radical (unpaired) electrons. The lowest BCUT2D eigenvalue weighted by Gasteiger charge is -2.26. The van der Waals surface area contributed by atoms with Gasteiger partial charge >= 0.3 is 0 Å². The van der Waals surface area contributed by atoms with Gasteiger partial charge in [-0.3, -0.25) is 14.5 Å². The Morgan fingerprint density at radius 1 is 1.11 bits per heavy atom. The first-order valence-electron chi connectivity index (χ1n) is 13.0. The van der Waals surface area contributed by atoms with Gasteiger partial charge in [0.15, 0.2) is 0 Å². The number of carbonyl (C=O) groups is 2. The average Bonchev–Trinajstić information content (AvgIpc) is 3.46. The molecule has 2 heterocycles. The van der Waals surface area contributed by atoms with E-state index >= 15 is 0 Å². The van der Waals surface area contributed by atoms with E-state index in [1.165, 1.54) is 18.4 Å². The Kier molecular flexibility index (Phi) is 8.03. The van der Waals surface area contributed by atoms with E-state index in [0.717, 1.165) is 24.2 Å². The zero-order valence-electron chi connectivity index (χ0n) is 22.6. The highest BCUT2D eigenvalue weighted by Gasteiger charge is 2.28. The number of likely N-dealkylation sites (tertiary alicyclic amines) is 1. The number of benzene rings is 2. The van der Waals surface area contributed by atoms with Crippen LogP contribution in [0.1, 0.15) is 61.1 Å². The molecule has 1 aromatic heterocycles. The summed E-state index contributed by atoms with van der Waals surface area (Å²) in [5, 5.41) is 6.22. The molecule has 7 nitrogen and oxygen atoms in total. The zero-order valence-corrected chi connectivity index (χ0v) is 22.6. The van der Waals surface area contributed by atoms with Crippen LogP contribution < -0.4 is 15.5 Å². The second-order valence-electron chi connectivity index (χ2n) is 11.1. The molecule has 37 heavy (non-hydrogen) atoms. The van der Waals surface area contributed by atoms with E-state index in [1.54, 1.807) is 11.9 Å². The quantitative estimate of drug-likeness (QED) is 0.385. The molecule has 1 aliphatic heterocycles. The first-order valence-corrected chi connectivity index (χ1v) is 13.0. The molecule has 196 valence electrons. The van der Waals surface area contributed by atoms with Crippen molar-refractivity contribution in [3.8, 4) is 0 Å². The Hall–Kier alpha value is -3.58. The normalized spacial score (nSPS) is 16.0. The summed E-state index contributed by atoms with van der Waals surface area (Å²) >= 11 is 0. The van der Waals surface area contributed by atoms with E-state index in [-0.39, 0.29) is 11.3 Å². The van der Waals surface area contributed by atoms with E-state index in [2.05, 4.69) is 67.6 Å². The molecule has 7 heteroatoms. The number of nitrogens with one attached hydrogen (secondary N) is 2. The van der Waals surface area contributed by atoms with Crippen molar-refractivity contribution in [3.63, 3.8) is 0 Å². The number of hydrogen-bond acceptors (Lipinski definition) is 4. The van der Waals surface area contributed by atoms with Gasteiger partial charge < -0.3 is 20.1 Å². The molecule has 0 saturated carbocycles. The third kappa shape index (κ3) is 6.23. The topological polar surface area (TPSA) is 69.6 Å². The average molecular weight is 502 g/mol. The Balaban J connectivity index is 1.75. The lowest BCUT2D eigenvalue weighted by Crippen LogP contribution is -2.33. The molecule has 2 aromatic carbocycles. The largest absolute Gasteiger partial charge is 0.355 e. The van der Waals surface area contributed by atoms with Gasteiger partial charge in [0.1, 0.15) is 11.4 Å². The summed E-state index contributed by atoms with van der Waals surface area (Å²) in [4.78, 5) is 29.5. The van der Waals surface area contributed by atoms with Crippen LogP contribution in [0.4, 0.5) is 17.2 Å². The van der Waals surface area contributed by atoms with Gasteiger partial charge in [0.05, 0.1) is 5.69 Å². The third-order valence-electron chi connectivity index (χ3n) is 6.87. The van der Waals surface area contributed by atoms with Crippen molar-refractivity contribution in [2.45, 2.75) is 46.2 Å². The van der Waals surface area contributed by atoms with Crippen LogP contribution in [-0.2, 0) is 11.3 Å². The number of hydrogen-bond donors (Lipinski definition) is 2. The molecule has 4 rings (SSSR count). The fraction of sp³-hybridized carbons (Fsp3) is 0.400.